The first-order valence-electron chi connectivity index (χ1n) is 8.10. The molecule has 3 aromatic rings. The number of aliphatic hydroxyl groups is 1. The number of carbonyl (C=O) groups is 1. The van der Waals surface area contributed by atoms with Gasteiger partial charge in [0.05, 0.1) is 35.8 Å². The van der Waals surface area contributed by atoms with E-state index in [2.05, 4.69) is 15.2 Å². The molecule has 0 spiro atoms. The van der Waals surface area contributed by atoms with Crippen LogP contribution in [0, 0.1) is 6.92 Å². The normalized spacial score (nSPS) is 14.6. The van der Waals surface area contributed by atoms with Crippen molar-refractivity contribution >= 4 is 11.6 Å². The molecule has 0 atom stereocenters. The van der Waals surface area contributed by atoms with Crippen molar-refractivity contribution in [2.75, 3.05) is 6.54 Å². The zero-order valence-corrected chi connectivity index (χ0v) is 13.8. The maximum Gasteiger partial charge on any atom is 0.266 e. The SMILES string of the molecule is Cc1c(C(=O)N2CCCn3nc(CO)cc3C2)cnc2cc(=O)[nH]n12. The van der Waals surface area contributed by atoms with Crippen LogP contribution < -0.4 is 5.56 Å². The minimum atomic E-state index is -0.254. The lowest BCUT2D eigenvalue weighted by molar-refractivity contribution is 0.0743. The average molecular weight is 342 g/mol. The maximum absolute atomic E-state index is 13.0. The highest BCUT2D eigenvalue weighted by Crippen LogP contribution is 2.18. The fourth-order valence-electron chi connectivity index (χ4n) is 3.23. The molecule has 1 amide bonds. The van der Waals surface area contributed by atoms with Crippen LogP contribution in [0.5, 0.6) is 0 Å². The van der Waals surface area contributed by atoms with Gasteiger partial charge in [-0.2, -0.15) is 5.10 Å². The van der Waals surface area contributed by atoms with Crippen LogP contribution in [0.15, 0.2) is 23.1 Å². The number of amides is 1. The summed E-state index contributed by atoms with van der Waals surface area (Å²) in [6.07, 6.45) is 2.29. The summed E-state index contributed by atoms with van der Waals surface area (Å²) >= 11 is 0. The molecule has 0 unspecified atom stereocenters. The van der Waals surface area contributed by atoms with E-state index in [1.165, 1.54) is 16.8 Å². The van der Waals surface area contributed by atoms with Gasteiger partial charge in [-0.3, -0.25) is 19.4 Å². The predicted molar refractivity (Wildman–Crippen MR) is 88.1 cm³/mol. The molecule has 9 nitrogen and oxygen atoms in total. The molecule has 0 bridgehead atoms. The first kappa shape index (κ1) is 15.6. The Kier molecular flexibility index (Phi) is 3.65. The smallest absolute Gasteiger partial charge is 0.266 e. The lowest BCUT2D eigenvalue weighted by Crippen LogP contribution is -2.31. The number of H-pyrrole nitrogens is 1. The van der Waals surface area contributed by atoms with Gasteiger partial charge in [-0.1, -0.05) is 0 Å². The summed E-state index contributed by atoms with van der Waals surface area (Å²) in [4.78, 5) is 30.5. The van der Waals surface area contributed by atoms with Gasteiger partial charge in [0.15, 0.2) is 5.65 Å². The predicted octanol–water partition coefficient (Wildman–Crippen LogP) is 0.0659. The molecule has 1 aliphatic rings. The summed E-state index contributed by atoms with van der Waals surface area (Å²) < 4.78 is 3.37. The van der Waals surface area contributed by atoms with Crippen LogP contribution in [0.3, 0.4) is 0 Å². The van der Waals surface area contributed by atoms with E-state index in [0.29, 0.717) is 42.2 Å². The third-order valence-corrected chi connectivity index (χ3v) is 4.51. The standard InChI is InChI=1S/C16H18N6O3/c1-10-13(7-17-14-6-15(24)19-22(10)14)16(25)20-3-2-4-21-12(8-20)5-11(9-23)18-21/h5-7,23H,2-4,8-9H2,1H3,(H,19,24). The third-order valence-electron chi connectivity index (χ3n) is 4.51. The molecule has 9 heteroatoms. The van der Waals surface area contributed by atoms with Crippen LogP contribution in [0.1, 0.15) is 33.9 Å². The summed E-state index contributed by atoms with van der Waals surface area (Å²) in [5.41, 5.74) is 2.83. The molecular weight excluding hydrogens is 324 g/mol. The molecule has 130 valence electrons. The highest BCUT2D eigenvalue weighted by Gasteiger charge is 2.24. The molecule has 0 aliphatic carbocycles. The fraction of sp³-hybridized carbons (Fsp3) is 0.375. The zero-order valence-electron chi connectivity index (χ0n) is 13.8. The number of fused-ring (bicyclic) bond motifs is 2. The first-order chi connectivity index (χ1) is 12.1. The Morgan fingerprint density at radius 3 is 3.00 bits per heavy atom. The molecule has 0 aromatic carbocycles. The second-order valence-corrected chi connectivity index (χ2v) is 6.16. The van der Waals surface area contributed by atoms with E-state index in [1.807, 2.05) is 10.7 Å². The number of aryl methyl sites for hydroxylation is 2. The van der Waals surface area contributed by atoms with Crippen LogP contribution in [0.25, 0.3) is 5.65 Å². The Morgan fingerprint density at radius 1 is 1.36 bits per heavy atom. The van der Waals surface area contributed by atoms with Crippen molar-refractivity contribution in [3.05, 3.63) is 51.3 Å². The topological polar surface area (TPSA) is 109 Å². The van der Waals surface area contributed by atoms with Crippen molar-refractivity contribution in [1.82, 2.24) is 29.3 Å². The second-order valence-electron chi connectivity index (χ2n) is 6.16. The van der Waals surface area contributed by atoms with Gasteiger partial charge < -0.3 is 10.0 Å². The van der Waals surface area contributed by atoms with Crippen molar-refractivity contribution in [3.8, 4) is 0 Å². The Bertz CT molecular complexity index is 1010. The van der Waals surface area contributed by atoms with Gasteiger partial charge in [-0.25, -0.2) is 9.50 Å². The fourth-order valence-corrected chi connectivity index (χ4v) is 3.23. The Labute approximate surface area is 142 Å². The van der Waals surface area contributed by atoms with Crippen LogP contribution in [-0.4, -0.2) is 46.8 Å². The van der Waals surface area contributed by atoms with Crippen molar-refractivity contribution in [3.63, 3.8) is 0 Å². The molecule has 0 radical (unpaired) electrons. The summed E-state index contributed by atoms with van der Waals surface area (Å²) in [7, 11) is 0. The summed E-state index contributed by atoms with van der Waals surface area (Å²) in [6, 6.07) is 3.21. The highest BCUT2D eigenvalue weighted by molar-refractivity contribution is 5.95. The number of rotatable bonds is 2. The van der Waals surface area contributed by atoms with Gasteiger partial charge in [0.25, 0.3) is 11.5 Å². The van der Waals surface area contributed by atoms with Crippen molar-refractivity contribution in [2.45, 2.75) is 33.0 Å². The van der Waals surface area contributed by atoms with Gasteiger partial charge in [0.1, 0.15) is 0 Å². The van der Waals surface area contributed by atoms with E-state index in [4.69, 9.17) is 0 Å². The van der Waals surface area contributed by atoms with E-state index >= 15 is 0 Å². The average Bonchev–Trinajstić information content (AvgIpc) is 3.11. The highest BCUT2D eigenvalue weighted by atomic mass is 16.3. The van der Waals surface area contributed by atoms with Crippen LogP contribution >= 0.6 is 0 Å². The molecule has 0 fully saturated rings. The maximum atomic E-state index is 13.0. The quantitative estimate of drug-likeness (QED) is 0.685. The molecule has 0 saturated heterocycles. The molecule has 4 heterocycles. The van der Waals surface area contributed by atoms with Crippen LogP contribution in [-0.2, 0) is 19.7 Å². The summed E-state index contributed by atoms with van der Waals surface area (Å²) in [6.45, 7) is 3.40. The van der Waals surface area contributed by atoms with Gasteiger partial charge in [0.2, 0.25) is 0 Å². The Morgan fingerprint density at radius 2 is 2.20 bits per heavy atom. The molecule has 25 heavy (non-hydrogen) atoms. The van der Waals surface area contributed by atoms with Gasteiger partial charge in [-0.05, 0) is 19.4 Å². The number of aliphatic hydroxyl groups excluding tert-OH is 1. The molecule has 3 aromatic heterocycles. The lowest BCUT2D eigenvalue weighted by Gasteiger charge is -2.21. The van der Waals surface area contributed by atoms with E-state index in [1.54, 1.807) is 11.8 Å². The largest absolute Gasteiger partial charge is 0.390 e. The number of aromatic amines is 1. The van der Waals surface area contributed by atoms with Crippen LogP contribution in [0.4, 0.5) is 0 Å². The molecule has 4 rings (SSSR count). The number of carbonyl (C=O) groups excluding carboxylic acids is 1. The van der Waals surface area contributed by atoms with Gasteiger partial charge >= 0.3 is 0 Å². The minimum Gasteiger partial charge on any atom is -0.390 e. The first-order valence-corrected chi connectivity index (χ1v) is 8.10. The Balaban J connectivity index is 1.68. The number of nitrogens with zero attached hydrogens (tertiary/aromatic N) is 5. The molecular formula is C16H18N6O3. The van der Waals surface area contributed by atoms with Crippen molar-refractivity contribution in [1.29, 1.82) is 0 Å². The second kappa shape index (κ2) is 5.85. The summed E-state index contributed by atoms with van der Waals surface area (Å²) in [5, 5.41) is 16.2. The molecule has 1 aliphatic heterocycles. The van der Waals surface area contributed by atoms with E-state index < -0.39 is 0 Å². The van der Waals surface area contributed by atoms with E-state index in [9.17, 15) is 14.7 Å². The van der Waals surface area contributed by atoms with Crippen LogP contribution in [0.2, 0.25) is 0 Å². The van der Waals surface area contributed by atoms with Crippen molar-refractivity contribution < 1.29 is 9.90 Å². The zero-order chi connectivity index (χ0) is 17.6. The monoisotopic (exact) mass is 342 g/mol. The number of nitrogens with one attached hydrogen (secondary N) is 1. The molecule has 2 N–H and O–H groups in total. The Hall–Kier alpha value is -2.94. The minimum absolute atomic E-state index is 0.116. The van der Waals surface area contributed by atoms with Gasteiger partial charge in [-0.15, -0.1) is 0 Å². The van der Waals surface area contributed by atoms with E-state index in [0.717, 1.165) is 12.1 Å². The van der Waals surface area contributed by atoms with E-state index in [-0.39, 0.29) is 18.1 Å². The number of hydrogen-bond donors (Lipinski definition) is 2. The number of hydrogen-bond acceptors (Lipinski definition) is 5. The summed E-state index contributed by atoms with van der Waals surface area (Å²) in [5.74, 6) is -0.137. The lowest BCUT2D eigenvalue weighted by atomic mass is 10.2. The third kappa shape index (κ3) is 2.62. The molecule has 0 saturated carbocycles. The van der Waals surface area contributed by atoms with Crippen molar-refractivity contribution in [2.24, 2.45) is 0 Å². The number of aromatic nitrogens is 5. The van der Waals surface area contributed by atoms with Gasteiger partial charge in [0, 0.05) is 25.4 Å².